The first-order chi connectivity index (χ1) is 19.0. The molecule has 2 saturated heterocycles. The highest BCUT2D eigenvalue weighted by atomic mass is 16.5. The van der Waals surface area contributed by atoms with Crippen molar-refractivity contribution in [3.8, 4) is 11.5 Å². The zero-order chi connectivity index (χ0) is 26.9. The molecule has 0 saturated carbocycles. The molecular formula is C30H36N4O5. The lowest BCUT2D eigenvalue weighted by molar-refractivity contribution is -0.136. The smallest absolute Gasteiger partial charge is 0.255 e. The molecule has 206 valence electrons. The van der Waals surface area contributed by atoms with Crippen molar-refractivity contribution in [1.29, 1.82) is 0 Å². The van der Waals surface area contributed by atoms with Gasteiger partial charge in [-0.3, -0.25) is 24.6 Å². The number of nitrogens with one attached hydrogen (secondary N) is 1. The number of anilines is 1. The minimum Gasteiger partial charge on any atom is -0.492 e. The van der Waals surface area contributed by atoms with E-state index in [9.17, 15) is 14.4 Å². The van der Waals surface area contributed by atoms with Crippen LogP contribution in [0.1, 0.15) is 60.5 Å². The van der Waals surface area contributed by atoms with Crippen LogP contribution >= 0.6 is 0 Å². The van der Waals surface area contributed by atoms with Crippen molar-refractivity contribution in [2.45, 2.75) is 64.2 Å². The normalized spacial score (nSPS) is 23.3. The third kappa shape index (κ3) is 5.07. The second-order valence-corrected chi connectivity index (χ2v) is 10.8. The Hall–Kier alpha value is -3.59. The van der Waals surface area contributed by atoms with Gasteiger partial charge in [-0.2, -0.15) is 0 Å². The first-order valence-electron chi connectivity index (χ1n) is 14.2. The zero-order valence-electron chi connectivity index (χ0n) is 22.5. The Kier molecular flexibility index (Phi) is 7.16. The number of likely N-dealkylation sites (tertiary alicyclic amines) is 1. The first-order valence-corrected chi connectivity index (χ1v) is 14.2. The number of rotatable bonds is 7. The number of carbonyl (C=O) groups is 3. The largest absolute Gasteiger partial charge is 0.492 e. The molecule has 4 heterocycles. The average molecular weight is 533 g/mol. The SMILES string of the molecule is CCN1CCOc2cccc(CN3CCCC[C@@H]3COc3ccc4c(c3)CN(C3CCC(=O)NC3=O)C4=O)c21. The number of fused-ring (bicyclic) bond motifs is 2. The van der Waals surface area contributed by atoms with Crippen molar-refractivity contribution in [1.82, 2.24) is 15.1 Å². The van der Waals surface area contributed by atoms with E-state index < -0.39 is 11.9 Å². The number of amides is 3. The van der Waals surface area contributed by atoms with E-state index in [1.165, 1.54) is 24.1 Å². The van der Waals surface area contributed by atoms with Crippen LogP contribution in [0.5, 0.6) is 11.5 Å². The number of ether oxygens (including phenoxy) is 2. The number of nitrogens with zero attached hydrogens (tertiary/aromatic N) is 3. The molecule has 4 aliphatic heterocycles. The van der Waals surface area contributed by atoms with E-state index in [-0.39, 0.29) is 18.2 Å². The van der Waals surface area contributed by atoms with Crippen LogP contribution in [0.15, 0.2) is 36.4 Å². The Morgan fingerprint density at radius 3 is 2.82 bits per heavy atom. The molecule has 2 aromatic carbocycles. The van der Waals surface area contributed by atoms with Gasteiger partial charge < -0.3 is 19.3 Å². The highest BCUT2D eigenvalue weighted by molar-refractivity contribution is 6.05. The maximum Gasteiger partial charge on any atom is 0.255 e. The van der Waals surface area contributed by atoms with Crippen LogP contribution in [0.25, 0.3) is 0 Å². The van der Waals surface area contributed by atoms with Gasteiger partial charge in [-0.15, -0.1) is 0 Å². The van der Waals surface area contributed by atoms with Crippen molar-refractivity contribution in [2.24, 2.45) is 0 Å². The molecule has 0 aromatic heterocycles. The molecule has 2 atom stereocenters. The molecular weight excluding hydrogens is 496 g/mol. The number of para-hydroxylation sites is 1. The van der Waals surface area contributed by atoms with Gasteiger partial charge in [0.1, 0.15) is 30.8 Å². The minimum absolute atomic E-state index is 0.166. The summed E-state index contributed by atoms with van der Waals surface area (Å²) in [6, 6.07) is 11.6. The fourth-order valence-electron chi connectivity index (χ4n) is 6.37. The molecule has 1 N–H and O–H groups in total. The molecule has 1 unspecified atom stereocenters. The van der Waals surface area contributed by atoms with E-state index in [1.54, 1.807) is 11.0 Å². The van der Waals surface area contributed by atoms with E-state index in [0.717, 1.165) is 56.3 Å². The van der Waals surface area contributed by atoms with Gasteiger partial charge in [0.2, 0.25) is 11.8 Å². The van der Waals surface area contributed by atoms with E-state index >= 15 is 0 Å². The molecule has 0 bridgehead atoms. The topological polar surface area (TPSA) is 91.4 Å². The molecule has 0 radical (unpaired) electrons. The Bertz CT molecular complexity index is 1280. The number of likely N-dealkylation sites (N-methyl/N-ethyl adjacent to an activating group) is 1. The highest BCUT2D eigenvalue weighted by Gasteiger charge is 2.39. The lowest BCUT2D eigenvalue weighted by atomic mass is 10.0. The molecule has 2 fully saturated rings. The number of imide groups is 1. The summed E-state index contributed by atoms with van der Waals surface area (Å²) in [6.07, 6.45) is 4.05. The summed E-state index contributed by atoms with van der Waals surface area (Å²) in [4.78, 5) is 43.4. The molecule has 39 heavy (non-hydrogen) atoms. The van der Waals surface area contributed by atoms with Crippen LogP contribution in [-0.2, 0) is 22.7 Å². The summed E-state index contributed by atoms with van der Waals surface area (Å²) >= 11 is 0. The van der Waals surface area contributed by atoms with Gasteiger partial charge in [-0.25, -0.2) is 0 Å². The number of hydrogen-bond donors (Lipinski definition) is 1. The van der Waals surface area contributed by atoms with Crippen LogP contribution in [0.2, 0.25) is 0 Å². The zero-order valence-corrected chi connectivity index (χ0v) is 22.5. The van der Waals surface area contributed by atoms with E-state index in [4.69, 9.17) is 9.47 Å². The lowest BCUT2D eigenvalue weighted by Gasteiger charge is -2.38. The van der Waals surface area contributed by atoms with E-state index in [1.807, 2.05) is 12.1 Å². The Balaban J connectivity index is 1.12. The predicted molar refractivity (Wildman–Crippen MR) is 146 cm³/mol. The molecule has 9 heteroatoms. The minimum atomic E-state index is -0.611. The number of benzene rings is 2. The fraction of sp³-hybridized carbons (Fsp3) is 0.500. The summed E-state index contributed by atoms with van der Waals surface area (Å²) in [5.41, 5.74) is 3.98. The summed E-state index contributed by atoms with van der Waals surface area (Å²) in [5.74, 6) is 0.871. The van der Waals surface area contributed by atoms with Crippen molar-refractivity contribution in [3.05, 3.63) is 53.1 Å². The van der Waals surface area contributed by atoms with Gasteiger partial charge in [-0.05, 0) is 68.1 Å². The summed E-state index contributed by atoms with van der Waals surface area (Å²) in [5, 5.41) is 2.35. The van der Waals surface area contributed by atoms with Gasteiger partial charge in [-0.1, -0.05) is 18.6 Å². The molecule has 2 aromatic rings. The molecule has 0 aliphatic carbocycles. The third-order valence-corrected chi connectivity index (χ3v) is 8.46. The quantitative estimate of drug-likeness (QED) is 0.548. The molecule has 9 nitrogen and oxygen atoms in total. The van der Waals surface area contributed by atoms with Gasteiger partial charge in [0, 0.05) is 37.7 Å². The van der Waals surface area contributed by atoms with Crippen molar-refractivity contribution >= 4 is 23.4 Å². The van der Waals surface area contributed by atoms with Crippen molar-refractivity contribution < 1.29 is 23.9 Å². The Labute approximate surface area is 229 Å². The lowest BCUT2D eigenvalue weighted by Crippen LogP contribution is -2.52. The first kappa shape index (κ1) is 25.7. The Morgan fingerprint density at radius 1 is 1.08 bits per heavy atom. The van der Waals surface area contributed by atoms with Gasteiger partial charge >= 0.3 is 0 Å². The van der Waals surface area contributed by atoms with Gasteiger partial charge in [0.05, 0.1) is 12.2 Å². The van der Waals surface area contributed by atoms with Crippen LogP contribution in [0.4, 0.5) is 5.69 Å². The maximum absolute atomic E-state index is 13.0. The van der Waals surface area contributed by atoms with Crippen LogP contribution in [0.3, 0.4) is 0 Å². The van der Waals surface area contributed by atoms with Gasteiger partial charge in [0.15, 0.2) is 0 Å². The maximum atomic E-state index is 13.0. The van der Waals surface area contributed by atoms with E-state index in [2.05, 4.69) is 40.2 Å². The second kappa shape index (κ2) is 10.9. The highest BCUT2D eigenvalue weighted by Crippen LogP contribution is 2.37. The Morgan fingerprint density at radius 2 is 1.97 bits per heavy atom. The molecule has 3 amide bonds. The second-order valence-electron chi connectivity index (χ2n) is 10.8. The number of carbonyl (C=O) groups excluding carboxylic acids is 3. The third-order valence-electron chi connectivity index (χ3n) is 8.46. The predicted octanol–water partition coefficient (Wildman–Crippen LogP) is 3.10. The van der Waals surface area contributed by atoms with Crippen LogP contribution in [-0.4, -0.2) is 72.5 Å². The van der Waals surface area contributed by atoms with Crippen LogP contribution < -0.4 is 19.7 Å². The standard InChI is InChI=1S/C30H36N4O5/c1-2-32-14-15-38-26-8-5-6-20(28(26)32)17-33-13-4-3-7-22(33)19-39-23-9-10-24-21(16-23)18-34(30(24)37)25-11-12-27(35)31-29(25)36/h5-6,8-10,16,22,25H,2-4,7,11-15,17-19H2,1H3,(H,31,35,36)/t22-,25?/m1/s1. The van der Waals surface area contributed by atoms with Crippen molar-refractivity contribution in [3.63, 3.8) is 0 Å². The average Bonchev–Trinajstić information content (AvgIpc) is 3.27. The van der Waals surface area contributed by atoms with Gasteiger partial charge in [0.25, 0.3) is 5.91 Å². The molecule has 6 rings (SSSR count). The molecule has 0 spiro atoms. The number of piperidine rings is 2. The summed E-state index contributed by atoms with van der Waals surface area (Å²) in [7, 11) is 0. The van der Waals surface area contributed by atoms with Crippen LogP contribution in [0, 0.1) is 0 Å². The summed E-state index contributed by atoms with van der Waals surface area (Å²) in [6.45, 7) is 7.60. The monoisotopic (exact) mass is 532 g/mol. The number of hydrogen-bond acceptors (Lipinski definition) is 7. The summed E-state index contributed by atoms with van der Waals surface area (Å²) < 4.78 is 12.3. The van der Waals surface area contributed by atoms with E-state index in [0.29, 0.717) is 31.2 Å². The fourth-order valence-corrected chi connectivity index (χ4v) is 6.37. The molecule has 4 aliphatic rings. The van der Waals surface area contributed by atoms with Crippen molar-refractivity contribution in [2.75, 3.05) is 37.7 Å².